The van der Waals surface area contributed by atoms with E-state index in [2.05, 4.69) is 30.3 Å². The Morgan fingerprint density at radius 2 is 1.53 bits per heavy atom. The molecule has 1 aromatic carbocycles. The van der Waals surface area contributed by atoms with Crippen molar-refractivity contribution >= 4 is 0 Å². The molecule has 0 heterocycles. The highest BCUT2D eigenvalue weighted by Crippen LogP contribution is 2.33. The van der Waals surface area contributed by atoms with Crippen LogP contribution in [0.2, 0.25) is 0 Å². The Kier molecular flexibility index (Phi) is 5.37. The van der Waals surface area contributed by atoms with E-state index in [-0.39, 0.29) is 0 Å². The summed E-state index contributed by atoms with van der Waals surface area (Å²) in [5.74, 6) is 0.871. The fourth-order valence-electron chi connectivity index (χ4n) is 1.98. The molecule has 0 bridgehead atoms. The van der Waals surface area contributed by atoms with Crippen LogP contribution in [0.15, 0.2) is 30.3 Å². The van der Waals surface area contributed by atoms with Crippen molar-refractivity contribution in [3.63, 3.8) is 0 Å². The van der Waals surface area contributed by atoms with Gasteiger partial charge in [0.05, 0.1) is 0 Å². The Bertz CT molecular complexity index is 248. The van der Waals surface area contributed by atoms with Crippen LogP contribution >= 0.6 is 0 Å². The maximum Gasteiger partial charge on any atom is 0.148 e. The third-order valence-corrected chi connectivity index (χ3v) is 2.63. The van der Waals surface area contributed by atoms with Gasteiger partial charge in [-0.15, -0.1) is 0 Å². The van der Waals surface area contributed by atoms with Crippen LogP contribution in [0.4, 0.5) is 0 Å². The summed E-state index contributed by atoms with van der Waals surface area (Å²) in [6.45, 7) is 1.28. The van der Waals surface area contributed by atoms with Gasteiger partial charge in [0.15, 0.2) is 0 Å². The first-order chi connectivity index (χ1) is 7.20. The van der Waals surface area contributed by atoms with Crippen LogP contribution in [0, 0.1) is 0 Å². The molecule has 2 heteroatoms. The van der Waals surface area contributed by atoms with Crippen LogP contribution in [0.1, 0.15) is 44.1 Å². The van der Waals surface area contributed by atoms with E-state index in [1.165, 1.54) is 32.6 Å². The molecule has 0 unspecified atom stereocenters. The smallest absolute Gasteiger partial charge is 0.148 e. The van der Waals surface area contributed by atoms with Crippen molar-refractivity contribution in [3.8, 4) is 0 Å². The van der Waals surface area contributed by atoms with Crippen molar-refractivity contribution in [1.29, 1.82) is 0 Å². The number of rotatable bonds is 1. The van der Waals surface area contributed by atoms with E-state index in [4.69, 9.17) is 10.2 Å². The Balaban J connectivity index is 0.000000245. The Morgan fingerprint density at radius 1 is 1.07 bits per heavy atom. The molecule has 84 valence electrons. The highest BCUT2D eigenvalue weighted by molar-refractivity contribution is 5.19. The minimum absolute atomic E-state index is 0.871. The Hall–Kier alpha value is -0.860. The summed E-state index contributed by atoms with van der Waals surface area (Å²) in [6.07, 6.45) is 4.51. The summed E-state index contributed by atoms with van der Waals surface area (Å²) >= 11 is 0. The number of aliphatic hydroxyl groups excluding tert-OH is 1. The van der Waals surface area contributed by atoms with E-state index in [0.29, 0.717) is 0 Å². The van der Waals surface area contributed by atoms with Crippen molar-refractivity contribution in [1.82, 2.24) is 0 Å². The Labute approximate surface area is 91.6 Å². The van der Waals surface area contributed by atoms with Gasteiger partial charge in [-0.1, -0.05) is 43.2 Å². The zero-order valence-corrected chi connectivity index (χ0v) is 9.26. The van der Waals surface area contributed by atoms with Crippen molar-refractivity contribution in [3.05, 3.63) is 35.9 Å². The SMILES string of the molecule is CC(O)O.c1ccc(C2CCCC2)cc1. The number of hydrogen-bond donors (Lipinski definition) is 2. The van der Waals surface area contributed by atoms with E-state index in [1.54, 1.807) is 5.56 Å². The van der Waals surface area contributed by atoms with E-state index >= 15 is 0 Å². The standard InChI is InChI=1S/C11H14.C2H6O2/c1-2-6-10(7-3-1)11-8-4-5-9-11;1-2(3)4/h1-3,6-7,11H,4-5,8-9H2;2-4H,1H3. The van der Waals surface area contributed by atoms with Crippen molar-refractivity contribution in [2.45, 2.75) is 44.8 Å². The lowest BCUT2D eigenvalue weighted by atomic mass is 9.98. The molecule has 15 heavy (non-hydrogen) atoms. The largest absolute Gasteiger partial charge is 0.368 e. The second kappa shape index (κ2) is 6.59. The molecule has 2 N–H and O–H groups in total. The van der Waals surface area contributed by atoms with Gasteiger partial charge in [-0.25, -0.2) is 0 Å². The van der Waals surface area contributed by atoms with Gasteiger partial charge >= 0.3 is 0 Å². The molecule has 2 nitrogen and oxygen atoms in total. The highest BCUT2D eigenvalue weighted by Gasteiger charge is 2.15. The quantitative estimate of drug-likeness (QED) is 0.697. The maximum atomic E-state index is 7.61. The average molecular weight is 208 g/mol. The molecular weight excluding hydrogens is 188 g/mol. The predicted molar refractivity (Wildman–Crippen MR) is 61.6 cm³/mol. The third kappa shape index (κ3) is 4.96. The molecule has 1 saturated carbocycles. The fraction of sp³-hybridized carbons (Fsp3) is 0.538. The molecule has 0 radical (unpaired) electrons. The van der Waals surface area contributed by atoms with E-state index in [9.17, 15) is 0 Å². The first-order valence-electron chi connectivity index (χ1n) is 5.61. The normalized spacial score (nSPS) is 16.3. The zero-order valence-electron chi connectivity index (χ0n) is 9.26. The summed E-state index contributed by atoms with van der Waals surface area (Å²) < 4.78 is 0. The third-order valence-electron chi connectivity index (χ3n) is 2.63. The summed E-state index contributed by atoms with van der Waals surface area (Å²) in [5, 5.41) is 15.2. The molecule has 1 aromatic rings. The van der Waals surface area contributed by atoms with Crippen LogP contribution < -0.4 is 0 Å². The van der Waals surface area contributed by atoms with Gasteiger partial charge in [0.25, 0.3) is 0 Å². The van der Waals surface area contributed by atoms with Crippen LogP contribution in [0.25, 0.3) is 0 Å². The maximum absolute atomic E-state index is 7.61. The summed E-state index contributed by atoms with van der Waals surface area (Å²) in [7, 11) is 0. The lowest BCUT2D eigenvalue weighted by Crippen LogP contribution is -1.92. The molecule has 1 aliphatic carbocycles. The van der Waals surface area contributed by atoms with Gasteiger partial charge in [0.2, 0.25) is 0 Å². The van der Waals surface area contributed by atoms with Gasteiger partial charge in [-0.05, 0) is 31.2 Å². The summed E-state index contributed by atoms with van der Waals surface area (Å²) in [4.78, 5) is 0. The highest BCUT2D eigenvalue weighted by atomic mass is 16.5. The first kappa shape index (κ1) is 12.2. The van der Waals surface area contributed by atoms with Crippen molar-refractivity contribution in [2.24, 2.45) is 0 Å². The van der Waals surface area contributed by atoms with Crippen LogP contribution in [0.3, 0.4) is 0 Å². The van der Waals surface area contributed by atoms with E-state index in [1.807, 2.05) is 0 Å². The molecule has 1 aliphatic rings. The average Bonchev–Trinajstić information content (AvgIpc) is 2.71. The topological polar surface area (TPSA) is 40.5 Å². The number of aliphatic hydroxyl groups is 2. The minimum atomic E-state index is -1.17. The van der Waals surface area contributed by atoms with Crippen LogP contribution in [0.5, 0.6) is 0 Å². The van der Waals surface area contributed by atoms with Crippen molar-refractivity contribution < 1.29 is 10.2 Å². The molecule has 1 fully saturated rings. The van der Waals surface area contributed by atoms with E-state index in [0.717, 1.165) is 5.92 Å². The van der Waals surface area contributed by atoms with Gasteiger partial charge < -0.3 is 10.2 Å². The molecule has 0 spiro atoms. The monoisotopic (exact) mass is 208 g/mol. The molecule has 2 rings (SSSR count). The molecule has 0 aromatic heterocycles. The minimum Gasteiger partial charge on any atom is -0.368 e. The summed E-state index contributed by atoms with van der Waals surface area (Å²) in [6, 6.07) is 10.9. The fourth-order valence-corrected chi connectivity index (χ4v) is 1.98. The second-order valence-corrected chi connectivity index (χ2v) is 4.02. The molecule has 0 atom stereocenters. The van der Waals surface area contributed by atoms with Crippen molar-refractivity contribution in [2.75, 3.05) is 0 Å². The number of hydrogen-bond acceptors (Lipinski definition) is 2. The van der Waals surface area contributed by atoms with Crippen LogP contribution in [-0.4, -0.2) is 16.5 Å². The van der Waals surface area contributed by atoms with Gasteiger partial charge in [0.1, 0.15) is 6.29 Å². The molecule has 0 aliphatic heterocycles. The second-order valence-electron chi connectivity index (χ2n) is 4.02. The Morgan fingerprint density at radius 3 is 2.00 bits per heavy atom. The lowest BCUT2D eigenvalue weighted by Gasteiger charge is -2.07. The van der Waals surface area contributed by atoms with Gasteiger partial charge in [-0.2, -0.15) is 0 Å². The predicted octanol–water partition coefficient (Wildman–Crippen LogP) is 2.66. The zero-order chi connectivity index (χ0) is 11.1. The van der Waals surface area contributed by atoms with Gasteiger partial charge in [-0.3, -0.25) is 0 Å². The first-order valence-corrected chi connectivity index (χ1v) is 5.61. The molecular formula is C13H20O2. The number of benzene rings is 1. The summed E-state index contributed by atoms with van der Waals surface area (Å²) in [5.41, 5.74) is 1.55. The van der Waals surface area contributed by atoms with Gasteiger partial charge in [0, 0.05) is 0 Å². The van der Waals surface area contributed by atoms with E-state index < -0.39 is 6.29 Å². The molecule has 0 saturated heterocycles. The van der Waals surface area contributed by atoms with Crippen LogP contribution in [-0.2, 0) is 0 Å². The lowest BCUT2D eigenvalue weighted by molar-refractivity contribution is -0.0228. The molecule has 0 amide bonds.